The molecule has 0 aromatic heterocycles. The van der Waals surface area contributed by atoms with Crippen LogP contribution < -0.4 is 19.6 Å². The average molecular weight is 403 g/mol. The van der Waals surface area contributed by atoms with Crippen LogP contribution in [0.4, 0.5) is 0 Å². The standard InChI is InChI=1S/C21H23ClN2O4/c1-4-10-27-17-8-6-16(7-9-17)21(25)24-23-14-15-12-18(22)20(28-11-5-2)19(13-15)26-3/h5-9,12-14H,2,4,10-11H2,1,3H3,(H,24,25)/b23-14-. The van der Waals surface area contributed by atoms with Crippen molar-refractivity contribution >= 4 is 23.7 Å². The summed E-state index contributed by atoms with van der Waals surface area (Å²) >= 11 is 6.24. The lowest BCUT2D eigenvalue weighted by Gasteiger charge is -2.11. The number of nitrogens with one attached hydrogen (secondary N) is 1. The van der Waals surface area contributed by atoms with Crippen LogP contribution in [0.3, 0.4) is 0 Å². The highest BCUT2D eigenvalue weighted by Crippen LogP contribution is 2.36. The molecule has 0 atom stereocenters. The molecular formula is C21H23ClN2O4. The number of ether oxygens (including phenoxy) is 3. The van der Waals surface area contributed by atoms with Crippen LogP contribution in [0.25, 0.3) is 0 Å². The van der Waals surface area contributed by atoms with Gasteiger partial charge in [0, 0.05) is 5.56 Å². The van der Waals surface area contributed by atoms with Gasteiger partial charge in [-0.3, -0.25) is 4.79 Å². The number of amides is 1. The van der Waals surface area contributed by atoms with Crippen molar-refractivity contribution in [3.63, 3.8) is 0 Å². The number of hydrazone groups is 1. The van der Waals surface area contributed by atoms with Crippen molar-refractivity contribution in [2.24, 2.45) is 5.10 Å². The molecule has 0 aliphatic heterocycles. The molecule has 0 saturated carbocycles. The number of halogens is 1. The summed E-state index contributed by atoms with van der Waals surface area (Å²) in [4.78, 5) is 12.2. The molecule has 0 aliphatic carbocycles. The van der Waals surface area contributed by atoms with Crippen molar-refractivity contribution in [2.45, 2.75) is 13.3 Å². The van der Waals surface area contributed by atoms with Crippen LogP contribution in [0.15, 0.2) is 54.2 Å². The predicted molar refractivity (Wildman–Crippen MR) is 111 cm³/mol. The fourth-order valence-electron chi connectivity index (χ4n) is 2.25. The highest BCUT2D eigenvalue weighted by atomic mass is 35.5. The maximum Gasteiger partial charge on any atom is 0.271 e. The van der Waals surface area contributed by atoms with Gasteiger partial charge in [0.2, 0.25) is 0 Å². The van der Waals surface area contributed by atoms with Crippen LogP contribution >= 0.6 is 11.6 Å². The Balaban J connectivity index is 2.02. The summed E-state index contributed by atoms with van der Waals surface area (Å²) in [5.41, 5.74) is 3.60. The molecule has 1 amide bonds. The number of methoxy groups -OCH3 is 1. The van der Waals surface area contributed by atoms with Crippen molar-refractivity contribution in [3.05, 3.63) is 65.2 Å². The first-order valence-corrected chi connectivity index (χ1v) is 9.14. The van der Waals surface area contributed by atoms with Gasteiger partial charge >= 0.3 is 0 Å². The van der Waals surface area contributed by atoms with E-state index in [2.05, 4.69) is 17.1 Å². The minimum absolute atomic E-state index is 0.307. The Labute approximate surface area is 169 Å². The predicted octanol–water partition coefficient (Wildman–Crippen LogP) is 4.47. The summed E-state index contributed by atoms with van der Waals surface area (Å²) in [5, 5.41) is 4.34. The molecule has 28 heavy (non-hydrogen) atoms. The van der Waals surface area contributed by atoms with Crippen molar-refractivity contribution in [1.82, 2.24) is 5.43 Å². The first-order chi connectivity index (χ1) is 13.6. The van der Waals surface area contributed by atoms with Gasteiger partial charge in [0.05, 0.1) is 25.0 Å². The topological polar surface area (TPSA) is 69.2 Å². The Bertz CT molecular complexity index is 835. The molecule has 2 aromatic carbocycles. The van der Waals surface area contributed by atoms with Crippen LogP contribution in [0.2, 0.25) is 5.02 Å². The zero-order valence-corrected chi connectivity index (χ0v) is 16.7. The highest BCUT2D eigenvalue weighted by Gasteiger charge is 2.11. The molecule has 0 saturated heterocycles. The van der Waals surface area contributed by atoms with Crippen molar-refractivity contribution in [3.8, 4) is 17.2 Å². The Morgan fingerprint density at radius 2 is 2.00 bits per heavy atom. The molecule has 1 N–H and O–H groups in total. The number of carbonyl (C=O) groups is 1. The van der Waals surface area contributed by atoms with Crippen molar-refractivity contribution in [1.29, 1.82) is 0 Å². The second-order valence-electron chi connectivity index (χ2n) is 5.71. The van der Waals surface area contributed by atoms with Gasteiger partial charge in [-0.25, -0.2) is 5.43 Å². The lowest BCUT2D eigenvalue weighted by molar-refractivity contribution is 0.0955. The molecule has 0 spiro atoms. The maximum atomic E-state index is 12.2. The molecule has 0 aliphatic rings. The van der Waals surface area contributed by atoms with Gasteiger partial charge < -0.3 is 14.2 Å². The van der Waals surface area contributed by atoms with Crippen LogP contribution in [-0.4, -0.2) is 32.4 Å². The summed E-state index contributed by atoms with van der Waals surface area (Å²) in [5.74, 6) is 1.28. The highest BCUT2D eigenvalue weighted by molar-refractivity contribution is 6.32. The monoisotopic (exact) mass is 402 g/mol. The largest absolute Gasteiger partial charge is 0.494 e. The summed E-state index contributed by atoms with van der Waals surface area (Å²) in [6, 6.07) is 10.2. The number of hydrogen-bond acceptors (Lipinski definition) is 5. The first-order valence-electron chi connectivity index (χ1n) is 8.76. The number of nitrogens with zero attached hydrogens (tertiary/aromatic N) is 1. The fraction of sp³-hybridized carbons (Fsp3) is 0.238. The van der Waals surface area contributed by atoms with E-state index < -0.39 is 0 Å². The van der Waals surface area contributed by atoms with E-state index in [1.54, 1.807) is 42.5 Å². The summed E-state index contributed by atoms with van der Waals surface area (Å²) < 4.78 is 16.3. The Hall–Kier alpha value is -2.99. The van der Waals surface area contributed by atoms with E-state index in [0.717, 1.165) is 12.2 Å². The van der Waals surface area contributed by atoms with Gasteiger partial charge in [-0.1, -0.05) is 31.2 Å². The number of rotatable bonds is 10. The molecule has 0 fully saturated rings. The third-order valence-corrected chi connectivity index (χ3v) is 3.85. The van der Waals surface area contributed by atoms with E-state index in [0.29, 0.717) is 40.9 Å². The van der Waals surface area contributed by atoms with E-state index in [9.17, 15) is 4.79 Å². The minimum Gasteiger partial charge on any atom is -0.494 e. The van der Waals surface area contributed by atoms with Crippen molar-refractivity contribution in [2.75, 3.05) is 20.3 Å². The van der Waals surface area contributed by atoms with Gasteiger partial charge in [-0.2, -0.15) is 5.10 Å². The zero-order chi connectivity index (χ0) is 20.4. The summed E-state index contributed by atoms with van der Waals surface area (Å²) in [7, 11) is 1.52. The number of carbonyl (C=O) groups excluding carboxylic acids is 1. The maximum absolute atomic E-state index is 12.2. The molecule has 0 bridgehead atoms. The van der Waals surface area contributed by atoms with Crippen LogP contribution in [-0.2, 0) is 0 Å². The molecular weight excluding hydrogens is 380 g/mol. The Morgan fingerprint density at radius 3 is 2.64 bits per heavy atom. The third-order valence-electron chi connectivity index (χ3n) is 3.57. The van der Waals surface area contributed by atoms with Gasteiger partial charge in [-0.05, 0) is 48.4 Å². The summed E-state index contributed by atoms with van der Waals surface area (Å²) in [6.07, 6.45) is 4.01. The number of benzene rings is 2. The zero-order valence-electron chi connectivity index (χ0n) is 15.9. The first kappa shape index (κ1) is 21.3. The lowest BCUT2D eigenvalue weighted by Crippen LogP contribution is -2.17. The quantitative estimate of drug-likeness (QED) is 0.361. The van der Waals surface area contributed by atoms with E-state index in [1.807, 2.05) is 6.92 Å². The normalized spacial score (nSPS) is 10.5. The second kappa shape index (κ2) is 11.0. The Morgan fingerprint density at radius 1 is 1.25 bits per heavy atom. The van der Waals surface area contributed by atoms with Crippen molar-refractivity contribution < 1.29 is 19.0 Å². The Kier molecular flexibility index (Phi) is 8.37. The molecule has 148 valence electrons. The van der Waals surface area contributed by atoms with E-state index >= 15 is 0 Å². The smallest absolute Gasteiger partial charge is 0.271 e. The summed E-state index contributed by atoms with van der Waals surface area (Å²) in [6.45, 7) is 6.58. The average Bonchev–Trinajstić information content (AvgIpc) is 2.71. The molecule has 0 unspecified atom stereocenters. The SMILES string of the molecule is C=CCOc1c(Cl)cc(/C=N\NC(=O)c2ccc(OCCC)cc2)cc1OC. The molecule has 2 rings (SSSR count). The molecule has 6 nitrogen and oxygen atoms in total. The van der Waals surface area contributed by atoms with E-state index in [1.165, 1.54) is 13.3 Å². The van der Waals surface area contributed by atoms with Crippen LogP contribution in [0.5, 0.6) is 17.2 Å². The van der Waals surface area contributed by atoms with E-state index in [4.69, 9.17) is 25.8 Å². The second-order valence-corrected chi connectivity index (χ2v) is 6.11. The van der Waals surface area contributed by atoms with Crippen LogP contribution in [0.1, 0.15) is 29.3 Å². The lowest BCUT2D eigenvalue weighted by atomic mass is 10.2. The molecule has 0 heterocycles. The van der Waals surface area contributed by atoms with Gasteiger partial charge in [0.25, 0.3) is 5.91 Å². The van der Waals surface area contributed by atoms with E-state index in [-0.39, 0.29) is 5.91 Å². The van der Waals surface area contributed by atoms with Gasteiger partial charge in [-0.15, -0.1) is 0 Å². The fourth-order valence-corrected chi connectivity index (χ4v) is 2.52. The number of hydrogen-bond donors (Lipinski definition) is 1. The molecule has 7 heteroatoms. The molecule has 0 radical (unpaired) electrons. The van der Waals surface area contributed by atoms with Gasteiger partial charge in [0.1, 0.15) is 12.4 Å². The third kappa shape index (κ3) is 6.03. The minimum atomic E-state index is -0.331. The van der Waals surface area contributed by atoms with Crippen LogP contribution in [0, 0.1) is 0 Å². The van der Waals surface area contributed by atoms with Gasteiger partial charge in [0.15, 0.2) is 11.5 Å². The molecule has 2 aromatic rings.